The Morgan fingerprint density at radius 2 is 1.76 bits per heavy atom. The molecule has 16 nitrogen and oxygen atoms in total. The number of anilines is 1. The van der Waals surface area contributed by atoms with Crippen LogP contribution in [0.25, 0.3) is 0 Å². The van der Waals surface area contributed by atoms with Gasteiger partial charge in [-0.3, -0.25) is 23.7 Å². The van der Waals surface area contributed by atoms with Crippen molar-refractivity contribution in [2.45, 2.75) is 63.9 Å². The number of nitrogens with zero attached hydrogens (tertiary/aromatic N) is 2. The largest absolute Gasteiger partial charge is 0.460 e. The maximum atomic E-state index is 14.5. The molecule has 1 amide bonds. The van der Waals surface area contributed by atoms with Gasteiger partial charge in [0.25, 0.3) is 0 Å². The third kappa shape index (κ3) is 12.6. The molecule has 0 aliphatic carbocycles. The molecule has 1 aromatic heterocycles. The first-order valence-corrected chi connectivity index (χ1v) is 14.0. The molecule has 1 aliphatic rings. The number of nitrogens with two attached hydrogens (primary N) is 1. The van der Waals surface area contributed by atoms with Crippen LogP contribution in [0.1, 0.15) is 45.8 Å². The Labute approximate surface area is 256 Å². The van der Waals surface area contributed by atoms with E-state index in [-0.39, 0.29) is 56.4 Å². The molecule has 4 atom stereocenters. The molecule has 0 radical (unpaired) electrons. The third-order valence-corrected chi connectivity index (χ3v) is 6.35. The lowest BCUT2D eigenvalue weighted by Crippen LogP contribution is -2.42. The van der Waals surface area contributed by atoms with E-state index in [2.05, 4.69) is 10.3 Å². The van der Waals surface area contributed by atoms with Crippen LogP contribution in [0.4, 0.5) is 14.6 Å². The molecule has 1 aliphatic heterocycles. The SMILES string of the molecule is CC(=O)CCOCCOCCC(=O)C[C@H](C)C(=O)NCCC(=O)OCC(=O)OCC1O[C@@H](n2ccc(N)nc2=O)C(F)(F)[C@@H]1O. The third-order valence-electron chi connectivity index (χ3n) is 6.35. The van der Waals surface area contributed by atoms with E-state index in [0.29, 0.717) is 24.2 Å². The Hall–Kier alpha value is -3.87. The van der Waals surface area contributed by atoms with Crippen LogP contribution in [0.5, 0.6) is 0 Å². The van der Waals surface area contributed by atoms with E-state index in [4.69, 9.17) is 29.4 Å². The molecule has 1 fully saturated rings. The van der Waals surface area contributed by atoms with E-state index in [1.54, 1.807) is 6.92 Å². The van der Waals surface area contributed by atoms with Crippen molar-refractivity contribution >= 4 is 35.2 Å². The van der Waals surface area contributed by atoms with Crippen LogP contribution in [0, 0.1) is 5.92 Å². The van der Waals surface area contributed by atoms with Crippen molar-refractivity contribution in [2.24, 2.45) is 5.92 Å². The number of aliphatic hydroxyl groups is 1. The summed E-state index contributed by atoms with van der Waals surface area (Å²) in [5.41, 5.74) is 4.20. The second kappa shape index (κ2) is 18.2. The lowest BCUT2D eigenvalue weighted by Gasteiger charge is -2.20. The maximum Gasteiger partial charge on any atom is 0.351 e. The molecule has 45 heavy (non-hydrogen) atoms. The number of alkyl halides is 2. The van der Waals surface area contributed by atoms with Gasteiger partial charge in [-0.25, -0.2) is 9.59 Å². The van der Waals surface area contributed by atoms with E-state index in [1.165, 1.54) is 6.92 Å². The number of ketones is 2. The average molecular weight is 649 g/mol. The van der Waals surface area contributed by atoms with Crippen molar-refractivity contribution < 1.29 is 61.5 Å². The van der Waals surface area contributed by atoms with Gasteiger partial charge in [-0.1, -0.05) is 6.92 Å². The van der Waals surface area contributed by atoms with Crippen LogP contribution in [0.15, 0.2) is 17.1 Å². The first-order chi connectivity index (χ1) is 21.2. The van der Waals surface area contributed by atoms with Gasteiger partial charge in [0, 0.05) is 37.9 Å². The molecule has 1 unspecified atom stereocenters. The first kappa shape index (κ1) is 37.3. The predicted molar refractivity (Wildman–Crippen MR) is 148 cm³/mol. The topological polar surface area (TPSA) is 225 Å². The Morgan fingerprint density at radius 3 is 2.40 bits per heavy atom. The van der Waals surface area contributed by atoms with Gasteiger partial charge in [0.05, 0.1) is 32.8 Å². The van der Waals surface area contributed by atoms with Crippen molar-refractivity contribution in [2.75, 3.05) is 51.9 Å². The van der Waals surface area contributed by atoms with E-state index >= 15 is 0 Å². The molecule has 0 spiro atoms. The van der Waals surface area contributed by atoms with E-state index in [9.17, 15) is 42.7 Å². The molecule has 2 rings (SSSR count). The Bertz CT molecular complexity index is 1240. The van der Waals surface area contributed by atoms with Crippen LogP contribution < -0.4 is 16.7 Å². The van der Waals surface area contributed by atoms with Crippen molar-refractivity contribution in [3.05, 3.63) is 22.7 Å². The highest BCUT2D eigenvalue weighted by Crippen LogP contribution is 2.42. The number of rotatable bonds is 20. The number of ether oxygens (including phenoxy) is 5. The van der Waals surface area contributed by atoms with Crippen LogP contribution in [0.2, 0.25) is 0 Å². The molecule has 0 saturated carbocycles. The number of nitrogens with one attached hydrogen (secondary N) is 1. The van der Waals surface area contributed by atoms with Crippen molar-refractivity contribution in [1.29, 1.82) is 0 Å². The maximum absolute atomic E-state index is 14.5. The van der Waals surface area contributed by atoms with Crippen molar-refractivity contribution in [3.63, 3.8) is 0 Å². The molecule has 4 N–H and O–H groups in total. The molecule has 2 heterocycles. The lowest BCUT2D eigenvalue weighted by atomic mass is 10.0. The Kier molecular flexibility index (Phi) is 15.1. The van der Waals surface area contributed by atoms with Crippen LogP contribution in [0.3, 0.4) is 0 Å². The van der Waals surface area contributed by atoms with Gasteiger partial charge in [0.15, 0.2) is 12.7 Å². The van der Waals surface area contributed by atoms with Crippen LogP contribution >= 0.6 is 0 Å². The van der Waals surface area contributed by atoms with Crippen molar-refractivity contribution in [3.8, 4) is 0 Å². The summed E-state index contributed by atoms with van der Waals surface area (Å²) in [6.07, 6.45) is -5.40. The number of hydrogen-bond acceptors (Lipinski definition) is 14. The number of halogens is 2. The number of esters is 2. The van der Waals surface area contributed by atoms with Gasteiger partial charge >= 0.3 is 23.6 Å². The summed E-state index contributed by atoms with van der Waals surface area (Å²) in [5.74, 6) is -7.47. The summed E-state index contributed by atoms with van der Waals surface area (Å²) < 4.78 is 54.6. The average Bonchev–Trinajstić information content (AvgIpc) is 3.19. The van der Waals surface area contributed by atoms with E-state index in [1.807, 2.05) is 0 Å². The monoisotopic (exact) mass is 648 g/mol. The summed E-state index contributed by atoms with van der Waals surface area (Å²) in [5, 5.41) is 12.4. The molecular formula is C27H38F2N4O12. The molecule has 0 aromatic carbocycles. The summed E-state index contributed by atoms with van der Waals surface area (Å²) in [4.78, 5) is 74.2. The van der Waals surface area contributed by atoms with E-state index < -0.39 is 67.0 Å². The normalized spacial score (nSPS) is 19.4. The molecular weight excluding hydrogens is 610 g/mol. The number of hydrogen-bond donors (Lipinski definition) is 3. The zero-order valence-corrected chi connectivity index (χ0v) is 24.9. The highest BCUT2D eigenvalue weighted by atomic mass is 19.3. The van der Waals surface area contributed by atoms with Gasteiger partial charge in [-0.15, -0.1) is 0 Å². The minimum atomic E-state index is -3.94. The predicted octanol–water partition coefficient (Wildman–Crippen LogP) is -0.690. The number of carbonyl (C=O) groups excluding carboxylic acids is 5. The number of aromatic nitrogens is 2. The summed E-state index contributed by atoms with van der Waals surface area (Å²) >= 11 is 0. The molecule has 18 heteroatoms. The minimum Gasteiger partial charge on any atom is -0.460 e. The molecule has 1 saturated heterocycles. The number of amides is 1. The van der Waals surface area contributed by atoms with Crippen LogP contribution in [-0.4, -0.2) is 108 Å². The highest BCUT2D eigenvalue weighted by molar-refractivity contribution is 5.86. The Balaban J connectivity index is 1.60. The molecule has 0 bridgehead atoms. The summed E-state index contributed by atoms with van der Waals surface area (Å²) in [6.45, 7) is 2.16. The fraction of sp³-hybridized carbons (Fsp3) is 0.667. The van der Waals surface area contributed by atoms with Crippen LogP contribution in [-0.2, 0) is 47.7 Å². The van der Waals surface area contributed by atoms with Gasteiger partial charge in [-0.2, -0.15) is 13.8 Å². The van der Waals surface area contributed by atoms with Gasteiger partial charge in [-0.05, 0) is 13.0 Å². The first-order valence-electron chi connectivity index (χ1n) is 14.0. The smallest absolute Gasteiger partial charge is 0.351 e. The fourth-order valence-corrected chi connectivity index (χ4v) is 3.86. The summed E-state index contributed by atoms with van der Waals surface area (Å²) in [7, 11) is 0. The number of nitrogen functional groups attached to an aromatic ring is 1. The molecule has 252 valence electrons. The van der Waals surface area contributed by atoms with Crippen molar-refractivity contribution in [1.82, 2.24) is 14.9 Å². The zero-order chi connectivity index (χ0) is 33.6. The summed E-state index contributed by atoms with van der Waals surface area (Å²) in [6, 6.07) is 1.08. The highest BCUT2D eigenvalue weighted by Gasteiger charge is 2.60. The number of carbonyl (C=O) groups is 5. The fourth-order valence-electron chi connectivity index (χ4n) is 3.86. The second-order valence-corrected chi connectivity index (χ2v) is 10.1. The second-order valence-electron chi connectivity index (χ2n) is 10.1. The van der Waals surface area contributed by atoms with Gasteiger partial charge in [0.1, 0.15) is 30.1 Å². The minimum absolute atomic E-state index is 0.0252. The standard InChI is InChI=1S/C27H38F2N4O12/c1-16(13-18(35)6-10-42-12-11-41-9-5-17(2)34)24(39)31-7-3-21(36)44-15-22(37)43-14-19-23(38)27(28,29)25(45-19)33-8-4-20(30)32-26(33)40/h4,8,16,19,23,25,38H,3,5-7,9-15H2,1-2H3,(H,31,39)(H2,30,32,40)/t16-,19?,23+,25+/m0/s1. The van der Waals surface area contributed by atoms with Gasteiger partial charge in [0.2, 0.25) is 12.1 Å². The number of aliphatic hydroxyl groups excluding tert-OH is 1. The van der Waals surface area contributed by atoms with Gasteiger partial charge < -0.3 is 39.8 Å². The number of Topliss-reactive ketones (excluding diaryl/α,β-unsaturated/α-hetero) is 2. The zero-order valence-electron chi connectivity index (χ0n) is 24.9. The Morgan fingerprint density at radius 1 is 1.09 bits per heavy atom. The molecule has 1 aromatic rings. The quantitative estimate of drug-likeness (QED) is 0.118. The van der Waals surface area contributed by atoms with E-state index in [0.717, 1.165) is 12.3 Å². The lowest BCUT2D eigenvalue weighted by molar-refractivity contribution is -0.162.